The first-order chi connectivity index (χ1) is 19.3. The van der Waals surface area contributed by atoms with Gasteiger partial charge in [-0.2, -0.15) is 0 Å². The van der Waals surface area contributed by atoms with E-state index in [1.165, 1.54) is 20.3 Å². The minimum atomic E-state index is -1.22. The fraction of sp³-hybridized carbons (Fsp3) is 0.469. The minimum Gasteiger partial charge on any atom is -0.469 e. The smallest absolute Gasteiger partial charge is 0.336 e. The highest BCUT2D eigenvalue weighted by Gasteiger charge is 2.55. The number of halogens is 1. The largest absolute Gasteiger partial charge is 0.469 e. The molecule has 0 aromatic heterocycles. The summed E-state index contributed by atoms with van der Waals surface area (Å²) in [5, 5.41) is 0. The SMILES string of the molecule is COC(=O)CCC1(C(=O)OC)N=CN(C=Cc2ccccc2)C1C1CCC(C(c2cccc(F)c2)N(C)C)CC1. The summed E-state index contributed by atoms with van der Waals surface area (Å²) >= 11 is 0. The molecular formula is C32H40FN3O4. The third-order valence-electron chi connectivity index (χ3n) is 8.40. The van der Waals surface area contributed by atoms with Gasteiger partial charge in [-0.1, -0.05) is 42.5 Å². The number of benzene rings is 2. The molecule has 2 aromatic carbocycles. The van der Waals surface area contributed by atoms with E-state index >= 15 is 0 Å². The lowest BCUT2D eigenvalue weighted by Gasteiger charge is -2.44. The Kier molecular flexibility index (Phi) is 9.74. The van der Waals surface area contributed by atoms with E-state index in [0.29, 0.717) is 5.92 Å². The van der Waals surface area contributed by atoms with Crippen LogP contribution < -0.4 is 0 Å². The molecule has 2 aliphatic rings. The number of ether oxygens (including phenoxy) is 2. The van der Waals surface area contributed by atoms with E-state index in [-0.39, 0.29) is 42.6 Å². The molecule has 0 spiro atoms. The quantitative estimate of drug-likeness (QED) is 0.366. The first-order valence-electron chi connectivity index (χ1n) is 13.9. The lowest BCUT2D eigenvalue weighted by Crippen LogP contribution is -2.55. The number of rotatable bonds is 10. The van der Waals surface area contributed by atoms with E-state index < -0.39 is 11.5 Å². The molecule has 0 radical (unpaired) electrons. The maximum atomic E-state index is 14.1. The molecule has 1 heterocycles. The maximum absolute atomic E-state index is 14.1. The highest BCUT2D eigenvalue weighted by molar-refractivity contribution is 5.87. The second-order valence-corrected chi connectivity index (χ2v) is 11.0. The van der Waals surface area contributed by atoms with Crippen LogP contribution in [0.15, 0.2) is 65.8 Å². The van der Waals surface area contributed by atoms with E-state index in [1.807, 2.05) is 67.7 Å². The fourth-order valence-corrected chi connectivity index (χ4v) is 6.58. The number of carbonyl (C=O) groups excluding carboxylic acids is 2. The van der Waals surface area contributed by atoms with Gasteiger partial charge in [0, 0.05) is 18.7 Å². The van der Waals surface area contributed by atoms with E-state index in [4.69, 9.17) is 14.5 Å². The van der Waals surface area contributed by atoms with Gasteiger partial charge >= 0.3 is 11.9 Å². The monoisotopic (exact) mass is 549 g/mol. The van der Waals surface area contributed by atoms with Crippen molar-refractivity contribution in [1.82, 2.24) is 9.80 Å². The van der Waals surface area contributed by atoms with Crippen molar-refractivity contribution in [2.45, 2.75) is 56.1 Å². The summed E-state index contributed by atoms with van der Waals surface area (Å²) in [6.45, 7) is 0. The highest BCUT2D eigenvalue weighted by Crippen LogP contribution is 2.46. The predicted octanol–water partition coefficient (Wildman–Crippen LogP) is 5.48. The molecule has 2 aromatic rings. The van der Waals surface area contributed by atoms with Crippen molar-refractivity contribution in [3.8, 4) is 0 Å². The lowest BCUT2D eigenvalue weighted by atomic mass is 9.69. The highest BCUT2D eigenvalue weighted by atomic mass is 19.1. The Hall–Kier alpha value is -3.52. The molecule has 214 valence electrons. The molecular weight excluding hydrogens is 509 g/mol. The predicted molar refractivity (Wildman–Crippen MR) is 154 cm³/mol. The van der Waals surface area contributed by atoms with Gasteiger partial charge in [0.2, 0.25) is 0 Å². The van der Waals surface area contributed by atoms with E-state index in [0.717, 1.165) is 36.8 Å². The van der Waals surface area contributed by atoms with Gasteiger partial charge in [-0.15, -0.1) is 0 Å². The van der Waals surface area contributed by atoms with Crippen LogP contribution in [0, 0.1) is 17.7 Å². The molecule has 0 saturated heterocycles. The molecule has 1 fully saturated rings. The average Bonchev–Trinajstić information content (AvgIpc) is 3.34. The van der Waals surface area contributed by atoms with Gasteiger partial charge in [-0.05, 0) is 87.4 Å². The number of nitrogens with zero attached hydrogens (tertiary/aromatic N) is 3. The minimum absolute atomic E-state index is 0.0628. The van der Waals surface area contributed by atoms with Gasteiger partial charge in [0.25, 0.3) is 0 Å². The second-order valence-electron chi connectivity index (χ2n) is 11.0. The molecule has 3 unspecified atom stereocenters. The van der Waals surface area contributed by atoms with Crippen LogP contribution in [0.2, 0.25) is 0 Å². The van der Waals surface area contributed by atoms with Crippen molar-refractivity contribution >= 4 is 24.4 Å². The summed E-state index contributed by atoms with van der Waals surface area (Å²) in [4.78, 5) is 34.5. The molecule has 40 heavy (non-hydrogen) atoms. The summed E-state index contributed by atoms with van der Waals surface area (Å²) in [6.07, 6.45) is 9.52. The van der Waals surface area contributed by atoms with Crippen molar-refractivity contribution in [2.24, 2.45) is 16.8 Å². The van der Waals surface area contributed by atoms with Crippen LogP contribution in [-0.2, 0) is 19.1 Å². The van der Waals surface area contributed by atoms with Gasteiger partial charge in [-0.3, -0.25) is 9.79 Å². The lowest BCUT2D eigenvalue weighted by molar-refractivity contribution is -0.150. The Morgan fingerprint density at radius 3 is 2.42 bits per heavy atom. The van der Waals surface area contributed by atoms with Crippen LogP contribution in [0.4, 0.5) is 4.39 Å². The number of hydrogen-bond donors (Lipinski definition) is 0. The second kappa shape index (κ2) is 13.2. The third-order valence-corrected chi connectivity index (χ3v) is 8.40. The topological polar surface area (TPSA) is 71.4 Å². The summed E-state index contributed by atoms with van der Waals surface area (Å²) < 4.78 is 24.3. The average molecular weight is 550 g/mol. The molecule has 4 rings (SSSR count). The molecule has 1 aliphatic heterocycles. The van der Waals surface area contributed by atoms with Crippen molar-refractivity contribution in [1.29, 1.82) is 0 Å². The number of methoxy groups -OCH3 is 2. The standard InChI is InChI=1S/C32H40FN3O4/c1-35(2)29(26-11-8-12-27(33)21-26)24-13-15-25(16-14-24)30-32(31(38)40-4,19-17-28(37)39-3)34-22-36(30)20-18-23-9-6-5-7-10-23/h5-12,18,20-22,24-25,29-30H,13-17,19H2,1-4H3. The summed E-state index contributed by atoms with van der Waals surface area (Å²) in [5.74, 6) is -0.586. The molecule has 0 N–H and O–H groups in total. The van der Waals surface area contributed by atoms with E-state index in [2.05, 4.69) is 4.90 Å². The molecule has 7 nitrogen and oxygen atoms in total. The zero-order chi connectivity index (χ0) is 28.7. The van der Waals surface area contributed by atoms with E-state index in [1.54, 1.807) is 18.5 Å². The van der Waals surface area contributed by atoms with Crippen molar-refractivity contribution in [2.75, 3.05) is 28.3 Å². The van der Waals surface area contributed by atoms with Crippen LogP contribution in [0.25, 0.3) is 6.08 Å². The normalized spacial score (nSPS) is 25.4. The molecule has 1 aliphatic carbocycles. The molecule has 0 bridgehead atoms. The van der Waals surface area contributed by atoms with Crippen molar-refractivity contribution < 1.29 is 23.5 Å². The van der Waals surface area contributed by atoms with Crippen LogP contribution in [0.5, 0.6) is 0 Å². The zero-order valence-corrected chi connectivity index (χ0v) is 23.8. The Bertz CT molecular complexity index is 1210. The van der Waals surface area contributed by atoms with Crippen LogP contribution in [0.1, 0.15) is 55.7 Å². The maximum Gasteiger partial charge on any atom is 0.336 e. The van der Waals surface area contributed by atoms with Crippen molar-refractivity contribution in [3.63, 3.8) is 0 Å². The number of hydrogen-bond acceptors (Lipinski definition) is 7. The van der Waals surface area contributed by atoms with Crippen LogP contribution >= 0.6 is 0 Å². The van der Waals surface area contributed by atoms with Gasteiger partial charge in [0.15, 0.2) is 5.54 Å². The van der Waals surface area contributed by atoms with Gasteiger partial charge in [-0.25, -0.2) is 9.18 Å². The van der Waals surface area contributed by atoms with Crippen LogP contribution in [-0.4, -0.2) is 68.0 Å². The number of carbonyl (C=O) groups is 2. The third kappa shape index (κ3) is 6.44. The summed E-state index contributed by atoms with van der Waals surface area (Å²) in [5.41, 5.74) is 0.796. The Morgan fingerprint density at radius 2 is 1.80 bits per heavy atom. The Labute approximate surface area is 236 Å². The fourth-order valence-electron chi connectivity index (χ4n) is 6.58. The van der Waals surface area contributed by atoms with Gasteiger partial charge in [0.05, 0.1) is 26.6 Å². The summed E-state index contributed by atoms with van der Waals surface area (Å²) in [6, 6.07) is 16.6. The summed E-state index contributed by atoms with van der Waals surface area (Å²) in [7, 11) is 6.79. The van der Waals surface area contributed by atoms with Crippen molar-refractivity contribution in [3.05, 3.63) is 77.7 Å². The Balaban J connectivity index is 1.61. The van der Waals surface area contributed by atoms with Gasteiger partial charge in [0.1, 0.15) is 5.82 Å². The van der Waals surface area contributed by atoms with Gasteiger partial charge < -0.3 is 19.3 Å². The number of aliphatic imine (C=N–C) groups is 1. The first-order valence-corrected chi connectivity index (χ1v) is 13.9. The number of esters is 2. The molecule has 1 saturated carbocycles. The van der Waals surface area contributed by atoms with E-state index in [9.17, 15) is 14.0 Å². The molecule has 8 heteroatoms. The molecule has 3 atom stereocenters. The Morgan fingerprint density at radius 1 is 1.07 bits per heavy atom. The molecule has 0 amide bonds. The van der Waals surface area contributed by atoms with Crippen LogP contribution in [0.3, 0.4) is 0 Å². The zero-order valence-electron chi connectivity index (χ0n) is 23.8. The first kappa shape index (κ1) is 29.5.